The Morgan fingerprint density at radius 2 is 1.67 bits per heavy atom. The molecule has 0 saturated carbocycles. The first-order valence-corrected chi connectivity index (χ1v) is 6.82. The van der Waals surface area contributed by atoms with Crippen LogP contribution in [0.15, 0.2) is 60.7 Å². The van der Waals surface area contributed by atoms with Crippen LogP contribution in [0.4, 0.5) is 11.4 Å². The van der Waals surface area contributed by atoms with Gasteiger partial charge < -0.3 is 5.43 Å². The number of carbonyl (C=O) groups is 1. The number of benzene rings is 2. The van der Waals surface area contributed by atoms with Crippen molar-refractivity contribution in [1.29, 1.82) is 0 Å². The highest BCUT2D eigenvalue weighted by molar-refractivity contribution is 5.93. The number of para-hydroxylation sites is 2. The van der Waals surface area contributed by atoms with E-state index in [0.29, 0.717) is 0 Å². The summed E-state index contributed by atoms with van der Waals surface area (Å²) in [5.74, 6) is -0.0777. The predicted octanol–water partition coefficient (Wildman–Crippen LogP) is 2.69. The lowest BCUT2D eigenvalue weighted by atomic mass is 10.2. The molecule has 1 aliphatic heterocycles. The third kappa shape index (κ3) is 3.04. The summed E-state index contributed by atoms with van der Waals surface area (Å²) in [7, 11) is 0. The minimum Gasteiger partial charge on any atom is -0.319 e. The summed E-state index contributed by atoms with van der Waals surface area (Å²) >= 11 is 0. The molecule has 0 aliphatic carbocycles. The summed E-state index contributed by atoms with van der Waals surface area (Å²) in [6.07, 6.45) is 0.252. The maximum absolute atomic E-state index is 12.1. The van der Waals surface area contributed by atoms with E-state index in [0.717, 1.165) is 11.4 Å². The molecule has 1 fully saturated rings. The van der Waals surface area contributed by atoms with Crippen LogP contribution in [0.25, 0.3) is 0 Å². The van der Waals surface area contributed by atoms with E-state index in [1.54, 1.807) is 0 Å². The number of nitrogens with zero attached hydrogens (tertiary/aromatic N) is 1. The van der Waals surface area contributed by atoms with Crippen LogP contribution in [0.1, 0.15) is 13.3 Å². The molecule has 0 aromatic heterocycles. The van der Waals surface area contributed by atoms with E-state index < -0.39 is 5.72 Å². The Labute approximate surface area is 123 Å². The number of anilines is 2. The van der Waals surface area contributed by atoms with E-state index in [1.165, 1.54) is 5.06 Å². The van der Waals surface area contributed by atoms with Gasteiger partial charge in [0.1, 0.15) is 0 Å². The second kappa shape index (κ2) is 5.55. The monoisotopic (exact) mass is 283 g/mol. The van der Waals surface area contributed by atoms with Crippen molar-refractivity contribution in [2.24, 2.45) is 0 Å². The molecule has 108 valence electrons. The van der Waals surface area contributed by atoms with Crippen LogP contribution in [-0.4, -0.2) is 11.6 Å². The van der Waals surface area contributed by atoms with Gasteiger partial charge in [0.05, 0.1) is 12.1 Å². The van der Waals surface area contributed by atoms with Gasteiger partial charge in [-0.15, -0.1) is 0 Å². The Hall–Kier alpha value is -2.37. The Morgan fingerprint density at radius 1 is 1.05 bits per heavy atom. The molecule has 2 aromatic carbocycles. The van der Waals surface area contributed by atoms with Crippen LogP contribution in [0.2, 0.25) is 0 Å². The van der Waals surface area contributed by atoms with Crippen molar-refractivity contribution in [2.45, 2.75) is 19.1 Å². The number of nitrogens with one attached hydrogen (secondary N) is 2. The number of amides is 1. The minimum atomic E-state index is -0.789. The highest BCUT2D eigenvalue weighted by atomic mass is 16.7. The average molecular weight is 283 g/mol. The van der Waals surface area contributed by atoms with Crippen LogP contribution in [0, 0.1) is 0 Å². The van der Waals surface area contributed by atoms with Gasteiger partial charge in [-0.3, -0.25) is 4.79 Å². The summed E-state index contributed by atoms with van der Waals surface area (Å²) in [6.45, 7) is 1.84. The molecule has 21 heavy (non-hydrogen) atoms. The fourth-order valence-electron chi connectivity index (χ4n) is 2.20. The van der Waals surface area contributed by atoms with E-state index in [4.69, 9.17) is 4.84 Å². The molecule has 0 bridgehead atoms. The van der Waals surface area contributed by atoms with Crippen LogP contribution in [0.5, 0.6) is 0 Å². The topological polar surface area (TPSA) is 53.6 Å². The fourth-order valence-corrected chi connectivity index (χ4v) is 2.20. The lowest BCUT2D eigenvalue weighted by Crippen LogP contribution is -2.46. The van der Waals surface area contributed by atoms with Crippen molar-refractivity contribution in [3.63, 3.8) is 0 Å². The number of hydroxylamine groups is 1. The second-order valence-electron chi connectivity index (χ2n) is 5.14. The number of hydrogen-bond acceptors (Lipinski definition) is 4. The fraction of sp³-hybridized carbons (Fsp3) is 0.188. The Bertz CT molecular complexity index is 618. The third-order valence-electron chi connectivity index (χ3n) is 3.24. The summed E-state index contributed by atoms with van der Waals surface area (Å²) in [6, 6.07) is 19.0. The van der Waals surface area contributed by atoms with Crippen molar-refractivity contribution in [3.8, 4) is 0 Å². The highest BCUT2D eigenvalue weighted by Gasteiger charge is 2.42. The number of hydrazine groups is 1. The molecule has 1 unspecified atom stereocenters. The maximum atomic E-state index is 12.1. The van der Waals surface area contributed by atoms with E-state index >= 15 is 0 Å². The van der Waals surface area contributed by atoms with Gasteiger partial charge in [0, 0.05) is 5.69 Å². The zero-order valence-electron chi connectivity index (χ0n) is 11.7. The summed E-state index contributed by atoms with van der Waals surface area (Å²) < 4.78 is 0. The quantitative estimate of drug-likeness (QED) is 0.847. The summed E-state index contributed by atoms with van der Waals surface area (Å²) in [5, 5.41) is 1.33. The lowest BCUT2D eigenvalue weighted by Gasteiger charge is -2.25. The Kier molecular flexibility index (Phi) is 3.60. The predicted molar refractivity (Wildman–Crippen MR) is 81.2 cm³/mol. The summed E-state index contributed by atoms with van der Waals surface area (Å²) in [4.78, 5) is 17.9. The minimum absolute atomic E-state index is 0.0777. The van der Waals surface area contributed by atoms with Gasteiger partial charge in [-0.05, 0) is 31.2 Å². The molecule has 3 rings (SSSR count). The van der Waals surface area contributed by atoms with Crippen molar-refractivity contribution in [1.82, 2.24) is 5.43 Å². The standard InChI is InChI=1S/C16H17N3O2/c1-16(18-17-13-8-4-2-5-9-13)12-15(20)19(21-16)14-10-6-3-7-11-14/h2-11,17-18H,12H2,1H3. The summed E-state index contributed by atoms with van der Waals surface area (Å²) in [5.41, 5.74) is 6.99. The van der Waals surface area contributed by atoms with Crippen molar-refractivity contribution in [3.05, 3.63) is 60.7 Å². The van der Waals surface area contributed by atoms with Crippen LogP contribution >= 0.6 is 0 Å². The zero-order chi connectivity index (χ0) is 14.7. The van der Waals surface area contributed by atoms with Crippen molar-refractivity contribution in [2.75, 3.05) is 10.5 Å². The molecular weight excluding hydrogens is 266 g/mol. The molecule has 0 radical (unpaired) electrons. The normalized spacial score (nSPS) is 21.6. The van der Waals surface area contributed by atoms with Gasteiger partial charge in [-0.2, -0.15) is 5.06 Å². The molecule has 0 spiro atoms. The van der Waals surface area contributed by atoms with Gasteiger partial charge in [-0.25, -0.2) is 10.3 Å². The van der Waals surface area contributed by atoms with E-state index in [1.807, 2.05) is 67.6 Å². The number of carbonyl (C=O) groups excluding carboxylic acids is 1. The van der Waals surface area contributed by atoms with Gasteiger partial charge in [0.2, 0.25) is 0 Å². The lowest BCUT2D eigenvalue weighted by molar-refractivity contribution is -0.119. The molecular formula is C16H17N3O2. The molecule has 1 aliphatic rings. The van der Waals surface area contributed by atoms with Gasteiger partial charge in [0.25, 0.3) is 5.91 Å². The number of hydrogen-bond donors (Lipinski definition) is 2. The molecule has 2 N–H and O–H groups in total. The third-order valence-corrected chi connectivity index (χ3v) is 3.24. The van der Waals surface area contributed by atoms with E-state index in [2.05, 4.69) is 10.9 Å². The maximum Gasteiger partial charge on any atom is 0.255 e. The van der Waals surface area contributed by atoms with Gasteiger partial charge in [0.15, 0.2) is 5.72 Å². The number of rotatable bonds is 4. The zero-order valence-corrected chi connectivity index (χ0v) is 11.7. The van der Waals surface area contributed by atoms with Crippen LogP contribution in [0.3, 0.4) is 0 Å². The Morgan fingerprint density at radius 3 is 2.33 bits per heavy atom. The van der Waals surface area contributed by atoms with Gasteiger partial charge >= 0.3 is 0 Å². The largest absolute Gasteiger partial charge is 0.319 e. The van der Waals surface area contributed by atoms with Crippen LogP contribution in [-0.2, 0) is 9.63 Å². The second-order valence-corrected chi connectivity index (χ2v) is 5.14. The highest BCUT2D eigenvalue weighted by Crippen LogP contribution is 2.29. The van der Waals surface area contributed by atoms with Crippen molar-refractivity contribution < 1.29 is 9.63 Å². The molecule has 1 atom stereocenters. The van der Waals surface area contributed by atoms with E-state index in [-0.39, 0.29) is 12.3 Å². The Balaban J connectivity index is 1.68. The first kappa shape index (κ1) is 13.6. The average Bonchev–Trinajstić information content (AvgIpc) is 2.83. The molecule has 1 amide bonds. The van der Waals surface area contributed by atoms with E-state index in [9.17, 15) is 4.79 Å². The van der Waals surface area contributed by atoms with Crippen molar-refractivity contribution >= 4 is 17.3 Å². The SMILES string of the molecule is CC1(NNc2ccccc2)CC(=O)N(c2ccccc2)O1. The van der Waals surface area contributed by atoms with Crippen LogP contribution < -0.4 is 15.9 Å². The molecule has 5 heteroatoms. The first-order chi connectivity index (χ1) is 10.2. The molecule has 1 saturated heterocycles. The molecule has 5 nitrogen and oxygen atoms in total. The van der Waals surface area contributed by atoms with Gasteiger partial charge in [-0.1, -0.05) is 36.4 Å². The smallest absolute Gasteiger partial charge is 0.255 e. The molecule has 2 aromatic rings. The first-order valence-electron chi connectivity index (χ1n) is 6.82. The molecule has 1 heterocycles.